The van der Waals surface area contributed by atoms with Gasteiger partial charge in [0.15, 0.2) is 0 Å². The van der Waals surface area contributed by atoms with Crippen LogP contribution in [0, 0.1) is 0 Å². The van der Waals surface area contributed by atoms with Crippen LogP contribution in [-0.2, 0) is 0 Å². The molecule has 2 nitrogen and oxygen atoms in total. The Balaban J connectivity index is 1.75. The van der Waals surface area contributed by atoms with Gasteiger partial charge in [0.1, 0.15) is 0 Å². The zero-order valence-electron chi connectivity index (χ0n) is 10.7. The van der Waals surface area contributed by atoms with Gasteiger partial charge in [-0.05, 0) is 45.1 Å². The molecule has 0 N–H and O–H groups in total. The van der Waals surface area contributed by atoms with Crippen molar-refractivity contribution in [3.05, 3.63) is 0 Å². The molecule has 3 aliphatic heterocycles. The third kappa shape index (κ3) is 1.80. The number of hydrogen-bond acceptors (Lipinski definition) is 2. The molecule has 0 unspecified atom stereocenters. The Bertz CT molecular complexity index is 241. The molecule has 0 aromatic heterocycles. The summed E-state index contributed by atoms with van der Waals surface area (Å²) in [6, 6.07) is 1.85. The van der Waals surface area contributed by atoms with Crippen LogP contribution in [0.3, 0.4) is 0 Å². The Labute approximate surface area is 100.0 Å². The summed E-state index contributed by atoms with van der Waals surface area (Å²) in [7, 11) is 0. The van der Waals surface area contributed by atoms with E-state index in [1.54, 1.807) is 0 Å². The normalized spacial score (nSPS) is 40.7. The smallest absolute Gasteiger partial charge is 0.0627 e. The van der Waals surface area contributed by atoms with Gasteiger partial charge in [-0.3, -0.25) is 9.80 Å². The Kier molecular flexibility index (Phi) is 3.21. The lowest BCUT2D eigenvalue weighted by atomic mass is 9.89. The molecular weight excluding hydrogens is 196 g/mol. The van der Waals surface area contributed by atoms with Gasteiger partial charge in [-0.15, -0.1) is 0 Å². The van der Waals surface area contributed by atoms with E-state index in [4.69, 9.17) is 0 Å². The Morgan fingerprint density at radius 3 is 2.75 bits per heavy atom. The van der Waals surface area contributed by atoms with Crippen molar-refractivity contribution in [2.24, 2.45) is 0 Å². The van der Waals surface area contributed by atoms with Crippen LogP contribution in [0.5, 0.6) is 0 Å². The van der Waals surface area contributed by atoms with Crippen LogP contribution in [0.2, 0.25) is 0 Å². The molecular formula is C14H26N2. The predicted octanol–water partition coefficient (Wildman–Crippen LogP) is 2.84. The second-order valence-electron chi connectivity index (χ2n) is 5.93. The summed E-state index contributed by atoms with van der Waals surface area (Å²) in [5.41, 5.74) is 0. The third-order valence-electron chi connectivity index (χ3n) is 4.95. The summed E-state index contributed by atoms with van der Waals surface area (Å²) in [6.07, 6.45) is 12.4. The van der Waals surface area contributed by atoms with Crippen molar-refractivity contribution in [3.63, 3.8) is 0 Å². The van der Waals surface area contributed by atoms with Crippen molar-refractivity contribution in [1.82, 2.24) is 9.80 Å². The number of rotatable bonds is 2. The molecule has 92 valence electrons. The maximum Gasteiger partial charge on any atom is 0.0627 e. The molecule has 3 heterocycles. The van der Waals surface area contributed by atoms with Gasteiger partial charge in [-0.25, -0.2) is 0 Å². The van der Waals surface area contributed by atoms with E-state index in [0.29, 0.717) is 0 Å². The van der Waals surface area contributed by atoms with E-state index in [1.165, 1.54) is 64.5 Å². The molecule has 3 atom stereocenters. The number of fused-ring (bicyclic) bond motifs is 3. The van der Waals surface area contributed by atoms with E-state index in [2.05, 4.69) is 16.7 Å². The summed E-state index contributed by atoms with van der Waals surface area (Å²) in [5.74, 6) is 0. The number of piperidine rings is 1. The van der Waals surface area contributed by atoms with Gasteiger partial charge < -0.3 is 0 Å². The molecule has 0 bridgehead atoms. The first-order valence-electron chi connectivity index (χ1n) is 7.41. The zero-order valence-corrected chi connectivity index (χ0v) is 10.7. The lowest BCUT2D eigenvalue weighted by molar-refractivity contribution is -0.0607. The summed E-state index contributed by atoms with van der Waals surface area (Å²) in [6.45, 7) is 5.10. The fraction of sp³-hybridized carbons (Fsp3) is 1.00. The summed E-state index contributed by atoms with van der Waals surface area (Å²) in [4.78, 5) is 5.69. The second kappa shape index (κ2) is 4.66. The van der Waals surface area contributed by atoms with E-state index < -0.39 is 0 Å². The fourth-order valence-corrected chi connectivity index (χ4v) is 4.29. The molecule has 0 saturated carbocycles. The molecule has 0 amide bonds. The first-order valence-corrected chi connectivity index (χ1v) is 7.41. The summed E-state index contributed by atoms with van der Waals surface area (Å²) >= 11 is 0. The molecule has 2 heteroatoms. The van der Waals surface area contributed by atoms with Crippen molar-refractivity contribution >= 4 is 0 Å². The molecule has 3 saturated heterocycles. The van der Waals surface area contributed by atoms with Gasteiger partial charge in [0.2, 0.25) is 0 Å². The molecule has 3 aliphatic rings. The topological polar surface area (TPSA) is 6.48 Å². The predicted molar refractivity (Wildman–Crippen MR) is 67.4 cm³/mol. The molecule has 3 rings (SSSR count). The molecule has 0 aromatic carbocycles. The van der Waals surface area contributed by atoms with Crippen molar-refractivity contribution < 1.29 is 0 Å². The monoisotopic (exact) mass is 222 g/mol. The van der Waals surface area contributed by atoms with Crippen molar-refractivity contribution in [3.8, 4) is 0 Å². The zero-order chi connectivity index (χ0) is 11.0. The van der Waals surface area contributed by atoms with Crippen LogP contribution < -0.4 is 0 Å². The minimum Gasteiger partial charge on any atom is -0.285 e. The van der Waals surface area contributed by atoms with Crippen LogP contribution in [-0.4, -0.2) is 41.1 Å². The van der Waals surface area contributed by atoms with Gasteiger partial charge in [-0.1, -0.05) is 19.8 Å². The Hall–Kier alpha value is -0.0800. The summed E-state index contributed by atoms with van der Waals surface area (Å²) < 4.78 is 0. The van der Waals surface area contributed by atoms with Gasteiger partial charge >= 0.3 is 0 Å². The first-order chi connectivity index (χ1) is 7.90. The van der Waals surface area contributed by atoms with Gasteiger partial charge in [0, 0.05) is 18.6 Å². The fourth-order valence-electron chi connectivity index (χ4n) is 4.29. The molecule has 0 spiro atoms. The van der Waals surface area contributed by atoms with E-state index in [-0.39, 0.29) is 0 Å². The molecule has 3 fully saturated rings. The van der Waals surface area contributed by atoms with Crippen LogP contribution in [0.25, 0.3) is 0 Å². The van der Waals surface area contributed by atoms with Crippen LogP contribution in [0.15, 0.2) is 0 Å². The molecule has 0 aliphatic carbocycles. The molecule has 16 heavy (non-hydrogen) atoms. The average molecular weight is 222 g/mol. The van der Waals surface area contributed by atoms with Crippen molar-refractivity contribution in [2.45, 2.75) is 76.5 Å². The highest BCUT2D eigenvalue weighted by Gasteiger charge is 2.43. The van der Waals surface area contributed by atoms with Crippen LogP contribution >= 0.6 is 0 Å². The van der Waals surface area contributed by atoms with Crippen molar-refractivity contribution in [2.75, 3.05) is 13.1 Å². The highest BCUT2D eigenvalue weighted by Crippen LogP contribution is 2.37. The van der Waals surface area contributed by atoms with Gasteiger partial charge in [0.05, 0.1) is 6.17 Å². The third-order valence-corrected chi connectivity index (χ3v) is 4.95. The summed E-state index contributed by atoms with van der Waals surface area (Å²) in [5, 5.41) is 0. The molecule has 0 radical (unpaired) electrons. The highest BCUT2D eigenvalue weighted by molar-refractivity contribution is 4.96. The number of nitrogens with zero attached hydrogens (tertiary/aromatic N) is 2. The van der Waals surface area contributed by atoms with Gasteiger partial charge in [0.25, 0.3) is 0 Å². The van der Waals surface area contributed by atoms with Crippen LogP contribution in [0.1, 0.15) is 58.3 Å². The lowest BCUT2D eigenvalue weighted by Crippen LogP contribution is -2.60. The standard InChI is InChI=1S/C14H26N2/c1-2-6-12-11-13-7-3-4-9-15(13)14-8-5-10-16(12)14/h12-14H,2-11H2,1H3/t12-,13+,14+/m0/s1. The number of hydrogen-bond donors (Lipinski definition) is 0. The Morgan fingerprint density at radius 2 is 1.88 bits per heavy atom. The lowest BCUT2D eigenvalue weighted by Gasteiger charge is -2.51. The first kappa shape index (κ1) is 11.0. The average Bonchev–Trinajstić information content (AvgIpc) is 2.79. The van der Waals surface area contributed by atoms with E-state index in [1.807, 2.05) is 0 Å². The van der Waals surface area contributed by atoms with E-state index in [9.17, 15) is 0 Å². The largest absolute Gasteiger partial charge is 0.285 e. The second-order valence-corrected chi connectivity index (χ2v) is 5.93. The highest BCUT2D eigenvalue weighted by atomic mass is 15.4. The van der Waals surface area contributed by atoms with Gasteiger partial charge in [-0.2, -0.15) is 0 Å². The van der Waals surface area contributed by atoms with E-state index in [0.717, 1.165) is 18.2 Å². The van der Waals surface area contributed by atoms with Crippen LogP contribution in [0.4, 0.5) is 0 Å². The van der Waals surface area contributed by atoms with E-state index >= 15 is 0 Å². The maximum atomic E-state index is 2.85. The Morgan fingerprint density at radius 1 is 1.00 bits per heavy atom. The minimum atomic E-state index is 0.829. The SMILES string of the molecule is CCC[C@H]1C[C@H]2CCCCN2[C@H]2CCCN12. The quantitative estimate of drug-likeness (QED) is 0.709. The maximum absolute atomic E-state index is 2.85. The minimum absolute atomic E-state index is 0.829. The van der Waals surface area contributed by atoms with Crippen molar-refractivity contribution in [1.29, 1.82) is 0 Å². The molecule has 0 aromatic rings.